The Morgan fingerprint density at radius 3 is 2.36 bits per heavy atom. The molecule has 0 heterocycles. The standard InChI is InChI=1S/C12H16BrCl/c1-3-4-12(14)9(2)10-5-7-11(13)8-6-10/h5-9,12H,3-4H2,1-2H3. The van der Waals surface area contributed by atoms with Crippen LogP contribution in [-0.2, 0) is 0 Å². The molecule has 14 heavy (non-hydrogen) atoms. The van der Waals surface area contributed by atoms with Crippen molar-refractivity contribution in [2.45, 2.75) is 38.0 Å². The Hall–Kier alpha value is -0.0100. The molecule has 2 heteroatoms. The molecular weight excluding hydrogens is 259 g/mol. The molecule has 0 aliphatic heterocycles. The van der Waals surface area contributed by atoms with Crippen LogP contribution in [0.3, 0.4) is 0 Å². The zero-order valence-corrected chi connectivity index (χ0v) is 11.0. The molecule has 0 aliphatic rings. The van der Waals surface area contributed by atoms with Gasteiger partial charge in [-0.1, -0.05) is 48.3 Å². The van der Waals surface area contributed by atoms with Crippen molar-refractivity contribution in [2.24, 2.45) is 0 Å². The van der Waals surface area contributed by atoms with Crippen molar-refractivity contribution in [3.05, 3.63) is 34.3 Å². The largest absolute Gasteiger partial charge is 0.122 e. The molecule has 0 saturated carbocycles. The molecule has 2 atom stereocenters. The van der Waals surface area contributed by atoms with Gasteiger partial charge in [-0.15, -0.1) is 11.6 Å². The lowest BCUT2D eigenvalue weighted by molar-refractivity contribution is 0.634. The summed E-state index contributed by atoms with van der Waals surface area (Å²) in [6, 6.07) is 8.42. The lowest BCUT2D eigenvalue weighted by Gasteiger charge is -2.17. The van der Waals surface area contributed by atoms with E-state index < -0.39 is 0 Å². The van der Waals surface area contributed by atoms with E-state index in [9.17, 15) is 0 Å². The first-order valence-electron chi connectivity index (χ1n) is 5.04. The molecule has 78 valence electrons. The third-order valence-corrected chi connectivity index (χ3v) is 3.63. The van der Waals surface area contributed by atoms with Crippen LogP contribution in [0, 0.1) is 0 Å². The molecule has 0 nitrogen and oxygen atoms in total. The van der Waals surface area contributed by atoms with Gasteiger partial charge in [-0.05, 0) is 30.0 Å². The molecular formula is C12H16BrCl. The minimum atomic E-state index is 0.251. The van der Waals surface area contributed by atoms with E-state index in [4.69, 9.17) is 11.6 Å². The summed E-state index contributed by atoms with van der Waals surface area (Å²) >= 11 is 9.72. The smallest absolute Gasteiger partial charge is 0.0401 e. The van der Waals surface area contributed by atoms with Crippen LogP contribution in [0.4, 0.5) is 0 Å². The first-order chi connectivity index (χ1) is 6.65. The quantitative estimate of drug-likeness (QED) is 0.681. The monoisotopic (exact) mass is 274 g/mol. The summed E-state index contributed by atoms with van der Waals surface area (Å²) < 4.78 is 1.12. The molecule has 0 saturated heterocycles. The summed E-state index contributed by atoms with van der Waals surface area (Å²) in [5.41, 5.74) is 1.32. The molecule has 1 rings (SSSR count). The van der Waals surface area contributed by atoms with Crippen LogP contribution >= 0.6 is 27.5 Å². The highest BCUT2D eigenvalue weighted by atomic mass is 79.9. The van der Waals surface area contributed by atoms with Crippen LogP contribution in [0.25, 0.3) is 0 Å². The first-order valence-corrected chi connectivity index (χ1v) is 6.27. The van der Waals surface area contributed by atoms with Gasteiger partial charge < -0.3 is 0 Å². The molecule has 0 N–H and O–H groups in total. The summed E-state index contributed by atoms with van der Waals surface area (Å²) in [4.78, 5) is 0. The molecule has 0 bridgehead atoms. The van der Waals surface area contributed by atoms with Crippen molar-refractivity contribution in [1.29, 1.82) is 0 Å². The van der Waals surface area contributed by atoms with Crippen molar-refractivity contribution in [1.82, 2.24) is 0 Å². The van der Waals surface area contributed by atoms with Crippen molar-refractivity contribution < 1.29 is 0 Å². The highest BCUT2D eigenvalue weighted by Gasteiger charge is 2.14. The van der Waals surface area contributed by atoms with E-state index in [2.05, 4.69) is 54.0 Å². The molecule has 0 aliphatic carbocycles. The molecule has 0 radical (unpaired) electrons. The Labute approximate surface area is 99.8 Å². The van der Waals surface area contributed by atoms with Crippen molar-refractivity contribution in [3.63, 3.8) is 0 Å². The molecule has 1 aromatic rings. The van der Waals surface area contributed by atoms with Gasteiger partial charge in [0.25, 0.3) is 0 Å². The van der Waals surface area contributed by atoms with Crippen LogP contribution in [0.15, 0.2) is 28.7 Å². The first kappa shape index (κ1) is 12.1. The van der Waals surface area contributed by atoms with Crippen molar-refractivity contribution in [2.75, 3.05) is 0 Å². The second-order valence-corrected chi connectivity index (χ2v) is 5.12. The van der Waals surface area contributed by atoms with Gasteiger partial charge in [0.2, 0.25) is 0 Å². The number of hydrogen-bond acceptors (Lipinski definition) is 0. The van der Waals surface area contributed by atoms with Crippen LogP contribution in [0.5, 0.6) is 0 Å². The van der Waals surface area contributed by atoms with E-state index in [1.54, 1.807) is 0 Å². The van der Waals surface area contributed by atoms with Crippen LogP contribution in [0.1, 0.15) is 38.2 Å². The SMILES string of the molecule is CCCC(Cl)C(C)c1ccc(Br)cc1. The predicted molar refractivity (Wildman–Crippen MR) is 67.1 cm³/mol. The second kappa shape index (κ2) is 5.77. The van der Waals surface area contributed by atoms with E-state index in [-0.39, 0.29) is 5.38 Å². The maximum Gasteiger partial charge on any atom is 0.0401 e. The number of benzene rings is 1. The summed E-state index contributed by atoms with van der Waals surface area (Å²) in [6.45, 7) is 4.36. The minimum Gasteiger partial charge on any atom is -0.122 e. The third kappa shape index (κ3) is 3.29. The zero-order valence-electron chi connectivity index (χ0n) is 8.63. The lowest BCUT2D eigenvalue weighted by Crippen LogP contribution is -2.08. The predicted octanol–water partition coefficient (Wildman–Crippen LogP) is 4.96. The Bertz CT molecular complexity index is 268. The molecule has 0 aromatic heterocycles. The molecule has 0 spiro atoms. The van der Waals surface area contributed by atoms with Gasteiger partial charge in [-0.25, -0.2) is 0 Å². The molecule has 1 aromatic carbocycles. The number of halogens is 2. The molecule has 0 amide bonds. The van der Waals surface area contributed by atoms with Crippen molar-refractivity contribution >= 4 is 27.5 Å². The molecule has 0 fully saturated rings. The summed E-state index contributed by atoms with van der Waals surface area (Å²) in [5.74, 6) is 0.435. The number of hydrogen-bond donors (Lipinski definition) is 0. The van der Waals surface area contributed by atoms with Crippen LogP contribution < -0.4 is 0 Å². The fourth-order valence-electron chi connectivity index (χ4n) is 1.50. The maximum atomic E-state index is 6.29. The van der Waals surface area contributed by atoms with Gasteiger partial charge >= 0.3 is 0 Å². The van der Waals surface area contributed by atoms with Gasteiger partial charge in [0.1, 0.15) is 0 Å². The van der Waals surface area contributed by atoms with Gasteiger partial charge in [-0.2, -0.15) is 0 Å². The highest BCUT2D eigenvalue weighted by Crippen LogP contribution is 2.27. The van der Waals surface area contributed by atoms with E-state index >= 15 is 0 Å². The minimum absolute atomic E-state index is 0.251. The summed E-state index contributed by atoms with van der Waals surface area (Å²) in [6.07, 6.45) is 2.23. The van der Waals surface area contributed by atoms with Gasteiger partial charge in [0.15, 0.2) is 0 Å². The normalized spacial score (nSPS) is 15.1. The average molecular weight is 276 g/mol. The van der Waals surface area contributed by atoms with E-state index in [1.807, 2.05) is 0 Å². The Kier molecular flexibility index (Phi) is 4.97. The highest BCUT2D eigenvalue weighted by molar-refractivity contribution is 9.10. The second-order valence-electron chi connectivity index (χ2n) is 3.64. The summed E-state index contributed by atoms with van der Waals surface area (Å²) in [7, 11) is 0. The Morgan fingerprint density at radius 1 is 1.29 bits per heavy atom. The average Bonchev–Trinajstić information content (AvgIpc) is 2.18. The fraction of sp³-hybridized carbons (Fsp3) is 0.500. The van der Waals surface area contributed by atoms with Crippen molar-refractivity contribution in [3.8, 4) is 0 Å². The number of alkyl halides is 1. The fourth-order valence-corrected chi connectivity index (χ4v) is 2.13. The lowest BCUT2D eigenvalue weighted by atomic mass is 9.95. The van der Waals surface area contributed by atoms with Crippen LogP contribution in [0.2, 0.25) is 0 Å². The van der Waals surface area contributed by atoms with E-state index in [0.717, 1.165) is 17.3 Å². The van der Waals surface area contributed by atoms with E-state index in [0.29, 0.717) is 5.92 Å². The van der Waals surface area contributed by atoms with Gasteiger partial charge in [0, 0.05) is 9.85 Å². The topological polar surface area (TPSA) is 0 Å². The Balaban J connectivity index is 2.68. The van der Waals surface area contributed by atoms with Gasteiger partial charge in [0.05, 0.1) is 0 Å². The van der Waals surface area contributed by atoms with E-state index in [1.165, 1.54) is 5.56 Å². The zero-order chi connectivity index (χ0) is 10.6. The summed E-state index contributed by atoms with van der Waals surface area (Å²) in [5, 5.41) is 0.251. The number of rotatable bonds is 4. The van der Waals surface area contributed by atoms with Crippen LogP contribution in [-0.4, -0.2) is 5.38 Å². The Morgan fingerprint density at radius 2 is 1.86 bits per heavy atom. The van der Waals surface area contributed by atoms with Gasteiger partial charge in [-0.3, -0.25) is 0 Å². The maximum absolute atomic E-state index is 6.29. The molecule has 2 unspecified atom stereocenters. The third-order valence-electron chi connectivity index (χ3n) is 2.50.